The highest BCUT2D eigenvalue weighted by atomic mass is 79.9. The quantitative estimate of drug-likeness (QED) is 0.262. The normalized spacial score (nSPS) is 27.7. The van der Waals surface area contributed by atoms with E-state index in [1.54, 1.807) is 24.3 Å². The summed E-state index contributed by atoms with van der Waals surface area (Å²) in [6.07, 6.45) is -1.29. The number of hydrogen-bond donors (Lipinski definition) is 0. The van der Waals surface area contributed by atoms with E-state index in [-0.39, 0.29) is 0 Å². The van der Waals surface area contributed by atoms with Gasteiger partial charge in [-0.3, -0.25) is 0 Å². The predicted octanol–water partition coefficient (Wildman–Crippen LogP) is 3.05. The topological polar surface area (TPSA) is 93.5 Å². The third-order valence-electron chi connectivity index (χ3n) is 3.37. The minimum atomic E-state index is -0.672. The number of halogens is 1. The fourth-order valence-electron chi connectivity index (χ4n) is 2.28. The van der Waals surface area contributed by atoms with E-state index in [9.17, 15) is 4.79 Å². The lowest BCUT2D eigenvalue weighted by Crippen LogP contribution is -2.50. The van der Waals surface area contributed by atoms with E-state index in [4.69, 9.17) is 19.7 Å². The molecule has 0 aliphatic carbocycles. The Morgan fingerprint density at radius 2 is 2.23 bits per heavy atom. The lowest BCUT2D eigenvalue weighted by molar-refractivity contribution is -0.209. The van der Waals surface area contributed by atoms with E-state index in [0.717, 1.165) is 0 Å². The molecule has 118 valence electrons. The number of carbonyl (C=O) groups is 1. The minimum Gasteiger partial charge on any atom is -0.456 e. The fourth-order valence-corrected chi connectivity index (χ4v) is 2.80. The highest BCUT2D eigenvalue weighted by molar-refractivity contribution is 9.09. The number of azide groups is 1. The number of carbonyl (C=O) groups excluding carboxylic acids is 1. The van der Waals surface area contributed by atoms with Gasteiger partial charge < -0.3 is 14.2 Å². The van der Waals surface area contributed by atoms with Gasteiger partial charge in [0, 0.05) is 23.8 Å². The molecule has 1 fully saturated rings. The molecule has 2 rings (SSSR count). The van der Waals surface area contributed by atoms with Crippen LogP contribution in [0.25, 0.3) is 10.4 Å². The molecule has 0 amide bonds. The van der Waals surface area contributed by atoms with E-state index < -0.39 is 30.5 Å². The van der Waals surface area contributed by atoms with Crippen LogP contribution in [-0.2, 0) is 14.2 Å². The van der Waals surface area contributed by atoms with Crippen LogP contribution in [0.5, 0.6) is 0 Å². The molecule has 0 saturated carbocycles. The lowest BCUT2D eigenvalue weighted by atomic mass is 10.00. The SMILES string of the molecule is CO[C@H]1C[C@@H](N=[N+]=[N-])[C@H](OC(=O)c2ccccc2)[C@H](CBr)O1. The Bertz CT molecular complexity index is 550. The highest BCUT2D eigenvalue weighted by Gasteiger charge is 2.40. The van der Waals surface area contributed by atoms with Crippen molar-refractivity contribution in [3.63, 3.8) is 0 Å². The number of benzene rings is 1. The van der Waals surface area contributed by atoms with Gasteiger partial charge in [-0.05, 0) is 17.7 Å². The zero-order valence-corrected chi connectivity index (χ0v) is 13.5. The summed E-state index contributed by atoms with van der Waals surface area (Å²) in [7, 11) is 1.51. The standard InChI is InChI=1S/C14H16BrN3O4/c1-20-12-7-10(17-18-16)13(11(8-15)21-12)22-14(19)9-5-3-2-4-6-9/h2-6,10-13H,7-8H2,1H3/t10-,11+,12-,13+/m1/s1. The van der Waals surface area contributed by atoms with Crippen LogP contribution in [0.2, 0.25) is 0 Å². The molecule has 0 bridgehead atoms. The molecule has 4 atom stereocenters. The third kappa shape index (κ3) is 3.98. The zero-order valence-electron chi connectivity index (χ0n) is 12.0. The summed E-state index contributed by atoms with van der Waals surface area (Å²) in [5, 5.41) is 4.16. The van der Waals surface area contributed by atoms with Crippen molar-refractivity contribution in [3.8, 4) is 0 Å². The predicted molar refractivity (Wildman–Crippen MR) is 82.7 cm³/mol. The molecular formula is C14H16BrN3O4. The molecule has 1 aliphatic heterocycles. The Balaban J connectivity index is 2.17. The molecule has 22 heavy (non-hydrogen) atoms. The van der Waals surface area contributed by atoms with Crippen LogP contribution in [0.3, 0.4) is 0 Å². The Morgan fingerprint density at radius 1 is 1.50 bits per heavy atom. The summed E-state index contributed by atoms with van der Waals surface area (Å²) < 4.78 is 16.4. The van der Waals surface area contributed by atoms with Crippen LogP contribution in [0, 0.1) is 0 Å². The Morgan fingerprint density at radius 3 is 2.82 bits per heavy atom. The third-order valence-corrected chi connectivity index (χ3v) is 4.01. The van der Waals surface area contributed by atoms with Crippen molar-refractivity contribution in [2.24, 2.45) is 5.11 Å². The first-order valence-corrected chi connectivity index (χ1v) is 7.86. The average molecular weight is 370 g/mol. The van der Waals surface area contributed by atoms with Gasteiger partial charge in [-0.15, -0.1) is 0 Å². The first kappa shape index (κ1) is 16.8. The monoisotopic (exact) mass is 369 g/mol. The number of alkyl halides is 1. The van der Waals surface area contributed by atoms with Gasteiger partial charge in [-0.2, -0.15) is 0 Å². The molecule has 1 saturated heterocycles. The molecule has 7 nitrogen and oxygen atoms in total. The maximum absolute atomic E-state index is 12.2. The summed E-state index contributed by atoms with van der Waals surface area (Å²) >= 11 is 3.33. The van der Waals surface area contributed by atoms with Crippen LogP contribution < -0.4 is 0 Å². The van der Waals surface area contributed by atoms with Gasteiger partial charge in [0.15, 0.2) is 6.29 Å². The number of hydrogen-bond acceptors (Lipinski definition) is 5. The molecule has 1 aromatic rings. The van der Waals surface area contributed by atoms with Crippen LogP contribution >= 0.6 is 15.9 Å². The summed E-state index contributed by atoms with van der Waals surface area (Å²) in [5.41, 5.74) is 9.16. The molecule has 8 heteroatoms. The smallest absolute Gasteiger partial charge is 0.338 e. The van der Waals surface area contributed by atoms with Crippen LogP contribution in [-0.4, -0.2) is 42.9 Å². The summed E-state index contributed by atoms with van der Waals surface area (Å²) in [6, 6.07) is 8.10. The van der Waals surface area contributed by atoms with Gasteiger partial charge in [0.2, 0.25) is 0 Å². The van der Waals surface area contributed by atoms with Crippen molar-refractivity contribution in [1.29, 1.82) is 0 Å². The second-order valence-corrected chi connectivity index (χ2v) is 5.39. The Labute approximate surface area is 136 Å². The number of ether oxygens (including phenoxy) is 3. The molecular weight excluding hydrogens is 354 g/mol. The Hall–Kier alpha value is -1.60. The zero-order chi connectivity index (χ0) is 15.9. The number of nitrogens with zero attached hydrogens (tertiary/aromatic N) is 3. The second-order valence-electron chi connectivity index (χ2n) is 4.74. The van der Waals surface area contributed by atoms with Crippen molar-refractivity contribution in [3.05, 3.63) is 46.3 Å². The van der Waals surface area contributed by atoms with Gasteiger partial charge in [-0.1, -0.05) is 39.2 Å². The van der Waals surface area contributed by atoms with E-state index in [2.05, 4.69) is 26.0 Å². The molecule has 0 unspecified atom stereocenters. The first-order valence-electron chi connectivity index (χ1n) is 6.74. The van der Waals surface area contributed by atoms with Crippen molar-refractivity contribution in [2.45, 2.75) is 31.0 Å². The van der Waals surface area contributed by atoms with Crippen LogP contribution in [0.15, 0.2) is 35.4 Å². The van der Waals surface area contributed by atoms with Crippen LogP contribution in [0.1, 0.15) is 16.8 Å². The molecule has 0 radical (unpaired) electrons. The van der Waals surface area contributed by atoms with Crippen molar-refractivity contribution in [2.75, 3.05) is 12.4 Å². The summed E-state index contributed by atoms with van der Waals surface area (Å²) in [5.74, 6) is -0.478. The van der Waals surface area contributed by atoms with Gasteiger partial charge in [-0.25, -0.2) is 4.79 Å². The van der Waals surface area contributed by atoms with Gasteiger partial charge in [0.25, 0.3) is 0 Å². The minimum absolute atomic E-state index is 0.330. The molecule has 0 N–H and O–H groups in total. The molecule has 0 aromatic heterocycles. The second kappa shape index (κ2) is 8.14. The number of esters is 1. The maximum Gasteiger partial charge on any atom is 0.338 e. The maximum atomic E-state index is 12.2. The van der Waals surface area contributed by atoms with E-state index in [1.807, 2.05) is 6.07 Å². The lowest BCUT2D eigenvalue weighted by Gasteiger charge is -2.38. The van der Waals surface area contributed by atoms with E-state index in [0.29, 0.717) is 17.3 Å². The van der Waals surface area contributed by atoms with Crippen molar-refractivity contribution < 1.29 is 19.0 Å². The van der Waals surface area contributed by atoms with Crippen molar-refractivity contribution >= 4 is 21.9 Å². The largest absolute Gasteiger partial charge is 0.456 e. The van der Waals surface area contributed by atoms with E-state index >= 15 is 0 Å². The van der Waals surface area contributed by atoms with Gasteiger partial charge in [0.1, 0.15) is 12.2 Å². The first-order chi connectivity index (χ1) is 10.7. The molecule has 0 spiro atoms. The number of rotatable bonds is 5. The van der Waals surface area contributed by atoms with Crippen molar-refractivity contribution in [1.82, 2.24) is 0 Å². The average Bonchev–Trinajstić information content (AvgIpc) is 2.57. The van der Waals surface area contributed by atoms with Gasteiger partial charge in [0.05, 0.1) is 11.6 Å². The summed E-state index contributed by atoms with van der Waals surface area (Å²) in [4.78, 5) is 15.1. The highest BCUT2D eigenvalue weighted by Crippen LogP contribution is 2.27. The fraction of sp³-hybridized carbons (Fsp3) is 0.500. The van der Waals surface area contributed by atoms with Gasteiger partial charge >= 0.3 is 5.97 Å². The Kier molecular flexibility index (Phi) is 6.21. The summed E-state index contributed by atoms with van der Waals surface area (Å²) in [6.45, 7) is 0. The molecule has 1 aromatic carbocycles. The van der Waals surface area contributed by atoms with Crippen LogP contribution in [0.4, 0.5) is 0 Å². The molecule has 1 aliphatic rings. The number of methoxy groups -OCH3 is 1. The van der Waals surface area contributed by atoms with E-state index in [1.165, 1.54) is 7.11 Å². The molecule has 1 heterocycles.